The van der Waals surface area contributed by atoms with Gasteiger partial charge in [-0.25, -0.2) is 27.8 Å². The lowest BCUT2D eigenvalue weighted by Gasteiger charge is -2.57. The number of likely N-dealkylation sites (tertiary alicyclic amines) is 1. The number of ether oxygens (including phenoxy) is 1. The minimum absolute atomic E-state index is 0.0748. The van der Waals surface area contributed by atoms with E-state index in [1.54, 1.807) is 18.6 Å². The van der Waals surface area contributed by atoms with E-state index in [0.29, 0.717) is 77.2 Å². The van der Waals surface area contributed by atoms with Crippen LogP contribution >= 0.6 is 0 Å². The Kier molecular flexibility index (Phi) is 8.38. The first-order valence-corrected chi connectivity index (χ1v) is 19.7. The van der Waals surface area contributed by atoms with Gasteiger partial charge in [0.2, 0.25) is 0 Å². The summed E-state index contributed by atoms with van der Waals surface area (Å²) in [5.74, 6) is 3.24. The Morgan fingerprint density at radius 1 is 1.02 bits per heavy atom. The molecule has 3 saturated heterocycles. The van der Waals surface area contributed by atoms with Crippen LogP contribution in [-0.4, -0.2) is 93.8 Å². The molecule has 0 radical (unpaired) electrons. The maximum Gasteiger partial charge on any atom is 0.282 e. The van der Waals surface area contributed by atoms with Gasteiger partial charge in [0.1, 0.15) is 34.1 Å². The molecule has 5 aliphatic rings. The molecule has 1 atom stereocenters. The fraction of sp³-hybridized carbons (Fsp3) is 0.639. The largest absolute Gasteiger partial charge is 0.434 e. The Balaban J connectivity index is 0.918. The number of benzene rings is 1. The maximum absolute atomic E-state index is 14.6. The van der Waals surface area contributed by atoms with Gasteiger partial charge in [-0.1, -0.05) is 13.8 Å². The lowest BCUT2D eigenvalue weighted by atomic mass is 9.68. The van der Waals surface area contributed by atoms with E-state index in [0.717, 1.165) is 69.5 Å². The van der Waals surface area contributed by atoms with Crippen molar-refractivity contribution in [3.05, 3.63) is 48.6 Å². The molecule has 1 N–H and O–H groups in total. The minimum Gasteiger partial charge on any atom is -0.434 e. The predicted molar refractivity (Wildman–Crippen MR) is 185 cm³/mol. The van der Waals surface area contributed by atoms with E-state index >= 15 is 0 Å². The standard InChI is InChI=1S/C36H47FN8O3S/c1-23(2)32(25-14-27(15-25)42-35(3)9-12-49(46,47)13-10-35)45-19-36(20-45)8-11-44(18-36)33-34(43-41-22-40-33)48-30-7-6-26(37)16-28(30)29-17-38-21-39-31(29)24-4-5-24/h6-7,16-17,21-25,27,32,42H,4-5,8-15,18-20H2,1-3H3/t25?,27?,32-/m1/s1. The first-order valence-electron chi connectivity index (χ1n) is 17.9. The number of hydrogen-bond acceptors (Lipinski definition) is 11. The average Bonchev–Trinajstić information content (AvgIpc) is 3.80. The van der Waals surface area contributed by atoms with Crippen LogP contribution in [0.5, 0.6) is 11.6 Å². The van der Waals surface area contributed by atoms with Gasteiger partial charge in [0, 0.05) is 72.5 Å². The van der Waals surface area contributed by atoms with Crippen LogP contribution in [0.2, 0.25) is 0 Å². The molecule has 1 aromatic carbocycles. The molecule has 49 heavy (non-hydrogen) atoms. The highest BCUT2D eigenvalue weighted by atomic mass is 32.2. The van der Waals surface area contributed by atoms with Gasteiger partial charge in [-0.3, -0.25) is 4.90 Å². The Labute approximate surface area is 288 Å². The Bertz CT molecular complexity index is 1800. The van der Waals surface area contributed by atoms with E-state index in [4.69, 9.17) is 4.74 Å². The number of hydrogen-bond donors (Lipinski definition) is 1. The van der Waals surface area contributed by atoms with Crippen LogP contribution in [0.25, 0.3) is 11.1 Å². The molecule has 0 amide bonds. The fourth-order valence-electron chi connectivity index (χ4n) is 9.02. The third-order valence-electron chi connectivity index (χ3n) is 11.8. The lowest BCUT2D eigenvalue weighted by molar-refractivity contribution is -0.0707. The fourth-order valence-corrected chi connectivity index (χ4v) is 10.8. The lowest BCUT2D eigenvalue weighted by Crippen LogP contribution is -2.66. The van der Waals surface area contributed by atoms with Gasteiger partial charge >= 0.3 is 0 Å². The van der Waals surface area contributed by atoms with Crippen LogP contribution in [-0.2, 0) is 9.84 Å². The van der Waals surface area contributed by atoms with Crippen LogP contribution in [0.4, 0.5) is 10.2 Å². The molecule has 262 valence electrons. The molecule has 0 unspecified atom stereocenters. The summed E-state index contributed by atoms with van der Waals surface area (Å²) < 4.78 is 44.9. The van der Waals surface area contributed by atoms with Crippen molar-refractivity contribution < 1.29 is 17.5 Å². The van der Waals surface area contributed by atoms with Gasteiger partial charge in [-0.2, -0.15) is 0 Å². The third kappa shape index (κ3) is 6.65. The molecule has 13 heteroatoms. The van der Waals surface area contributed by atoms with Crippen molar-refractivity contribution >= 4 is 15.7 Å². The highest BCUT2D eigenvalue weighted by Gasteiger charge is 2.53. The van der Waals surface area contributed by atoms with E-state index < -0.39 is 9.84 Å². The number of aromatic nitrogens is 5. The quantitative estimate of drug-likeness (QED) is 0.309. The molecule has 3 aromatic rings. The second-order valence-corrected chi connectivity index (χ2v) is 18.3. The number of nitrogens with one attached hydrogen (secondary N) is 1. The highest BCUT2D eigenvalue weighted by molar-refractivity contribution is 7.91. The molecule has 5 fully saturated rings. The number of sulfone groups is 1. The van der Waals surface area contributed by atoms with E-state index in [1.807, 2.05) is 0 Å². The van der Waals surface area contributed by atoms with Crippen molar-refractivity contribution in [3.63, 3.8) is 0 Å². The van der Waals surface area contributed by atoms with Gasteiger partial charge < -0.3 is 15.0 Å². The number of rotatable bonds is 10. The zero-order valence-corrected chi connectivity index (χ0v) is 29.5. The second kappa shape index (κ2) is 12.5. The van der Waals surface area contributed by atoms with Crippen molar-refractivity contribution in [2.75, 3.05) is 42.6 Å². The third-order valence-corrected chi connectivity index (χ3v) is 13.4. The maximum atomic E-state index is 14.6. The summed E-state index contributed by atoms with van der Waals surface area (Å²) in [6.45, 7) is 10.7. The Morgan fingerprint density at radius 3 is 2.53 bits per heavy atom. The van der Waals surface area contributed by atoms with Gasteiger partial charge in [-0.05, 0) is 81.9 Å². The van der Waals surface area contributed by atoms with E-state index in [-0.39, 0.29) is 16.8 Å². The summed E-state index contributed by atoms with van der Waals surface area (Å²) >= 11 is 0. The summed E-state index contributed by atoms with van der Waals surface area (Å²) in [5.41, 5.74) is 2.41. The van der Waals surface area contributed by atoms with Gasteiger partial charge in [0.15, 0.2) is 5.82 Å². The highest BCUT2D eigenvalue weighted by Crippen LogP contribution is 2.49. The van der Waals surface area contributed by atoms with Gasteiger partial charge in [0.25, 0.3) is 5.88 Å². The summed E-state index contributed by atoms with van der Waals surface area (Å²) in [7, 11) is -2.87. The molecule has 3 aliphatic heterocycles. The molecule has 2 saturated carbocycles. The van der Waals surface area contributed by atoms with Crippen LogP contribution < -0.4 is 15.0 Å². The normalized spacial score (nSPS) is 26.3. The summed E-state index contributed by atoms with van der Waals surface area (Å²) in [6.07, 6.45) is 11.7. The molecule has 8 rings (SSSR count). The van der Waals surface area contributed by atoms with Crippen molar-refractivity contribution in [3.8, 4) is 22.8 Å². The van der Waals surface area contributed by atoms with E-state index in [1.165, 1.54) is 18.5 Å². The molecule has 11 nitrogen and oxygen atoms in total. The Hall–Kier alpha value is -3.29. The Morgan fingerprint density at radius 2 is 1.80 bits per heavy atom. The van der Waals surface area contributed by atoms with Crippen LogP contribution in [0.1, 0.15) is 77.3 Å². The van der Waals surface area contributed by atoms with Crippen molar-refractivity contribution in [1.82, 2.24) is 35.4 Å². The zero-order chi connectivity index (χ0) is 34.0. The summed E-state index contributed by atoms with van der Waals surface area (Å²) in [4.78, 5) is 18.4. The van der Waals surface area contributed by atoms with Crippen LogP contribution in [0, 0.1) is 23.1 Å². The molecule has 1 spiro atoms. The molecule has 2 aromatic heterocycles. The smallest absolute Gasteiger partial charge is 0.282 e. The molecule has 2 aliphatic carbocycles. The first-order chi connectivity index (χ1) is 23.5. The monoisotopic (exact) mass is 690 g/mol. The van der Waals surface area contributed by atoms with E-state index in [9.17, 15) is 12.8 Å². The van der Waals surface area contributed by atoms with Crippen molar-refractivity contribution in [1.29, 1.82) is 0 Å². The van der Waals surface area contributed by atoms with Crippen LogP contribution in [0.3, 0.4) is 0 Å². The van der Waals surface area contributed by atoms with Crippen LogP contribution in [0.15, 0.2) is 37.1 Å². The summed E-state index contributed by atoms with van der Waals surface area (Å²) in [5, 5.41) is 12.3. The van der Waals surface area contributed by atoms with Gasteiger partial charge in [0.05, 0.1) is 17.2 Å². The predicted octanol–water partition coefficient (Wildman–Crippen LogP) is 5.01. The minimum atomic E-state index is -2.87. The molecular weight excluding hydrogens is 644 g/mol. The number of nitrogens with zero attached hydrogens (tertiary/aromatic N) is 7. The SMILES string of the molecule is CC(C)[C@H](C1CC(NC2(C)CCS(=O)(=O)CC2)C1)N1CC2(CCN(c3ncnnc3Oc3ccc(F)cc3-c3cncnc3C3CC3)C2)C1. The topological polar surface area (TPSA) is 126 Å². The average molecular weight is 691 g/mol. The first kappa shape index (κ1) is 32.9. The second-order valence-electron chi connectivity index (χ2n) is 16.0. The van der Waals surface area contributed by atoms with E-state index in [2.05, 4.69) is 61.0 Å². The number of halogens is 1. The van der Waals surface area contributed by atoms with Gasteiger partial charge in [-0.15, -0.1) is 10.2 Å². The van der Waals surface area contributed by atoms with Crippen molar-refractivity contribution in [2.24, 2.45) is 17.3 Å². The molecular formula is C36H47FN8O3S. The summed E-state index contributed by atoms with van der Waals surface area (Å²) in [6, 6.07) is 5.51. The van der Waals surface area contributed by atoms with Crippen molar-refractivity contribution in [2.45, 2.75) is 89.3 Å². The molecule has 0 bridgehead atoms. The zero-order valence-electron chi connectivity index (χ0n) is 28.7. The molecule has 5 heterocycles. The number of anilines is 1.